The van der Waals surface area contributed by atoms with Gasteiger partial charge in [-0.3, -0.25) is 4.79 Å². The van der Waals surface area contributed by atoms with Gasteiger partial charge in [0, 0.05) is 13.1 Å². The molecule has 5 N–H and O–H groups in total. The zero-order valence-corrected chi connectivity index (χ0v) is 10.8. The second-order valence-corrected chi connectivity index (χ2v) is 4.33. The number of carbonyl (C=O) groups is 1. The molecule has 0 atom stereocenters. The van der Waals surface area contributed by atoms with Crippen LogP contribution in [-0.4, -0.2) is 16.1 Å². The molecule has 0 fully saturated rings. The number of carbonyl (C=O) groups excluding carboxylic acids is 1. The summed E-state index contributed by atoms with van der Waals surface area (Å²) in [5, 5.41) is 21.9. The summed E-state index contributed by atoms with van der Waals surface area (Å²) in [6.07, 6.45) is 0. The summed E-state index contributed by atoms with van der Waals surface area (Å²) in [7, 11) is 0. The Balaban J connectivity index is 2.13. The summed E-state index contributed by atoms with van der Waals surface area (Å²) < 4.78 is 0. The average Bonchev–Trinajstić information content (AvgIpc) is 2.45. The summed E-state index contributed by atoms with van der Waals surface area (Å²) in [6, 6.07) is 11.7. The van der Waals surface area contributed by atoms with E-state index in [0.29, 0.717) is 6.54 Å². The Kier molecular flexibility index (Phi) is 4.22. The first-order chi connectivity index (χ1) is 9.63. The molecule has 20 heavy (non-hydrogen) atoms. The number of nitrogens with one attached hydrogen (secondary N) is 1. The molecule has 0 heterocycles. The second kappa shape index (κ2) is 6.08. The van der Waals surface area contributed by atoms with Crippen LogP contribution >= 0.6 is 0 Å². The third kappa shape index (κ3) is 2.89. The quantitative estimate of drug-likeness (QED) is 0.678. The third-order valence-electron chi connectivity index (χ3n) is 3.03. The minimum absolute atomic E-state index is 0.127. The van der Waals surface area contributed by atoms with Crippen molar-refractivity contribution in [3.8, 4) is 11.5 Å². The highest BCUT2D eigenvalue weighted by molar-refractivity contribution is 5.99. The lowest BCUT2D eigenvalue weighted by Gasteiger charge is -2.10. The van der Waals surface area contributed by atoms with Crippen molar-refractivity contribution in [2.24, 2.45) is 5.73 Å². The average molecular weight is 272 g/mol. The van der Waals surface area contributed by atoms with Crippen molar-refractivity contribution in [3.63, 3.8) is 0 Å². The van der Waals surface area contributed by atoms with Crippen molar-refractivity contribution < 1.29 is 15.0 Å². The maximum absolute atomic E-state index is 12.0. The monoisotopic (exact) mass is 272 g/mol. The summed E-state index contributed by atoms with van der Waals surface area (Å²) in [5.41, 5.74) is 7.34. The smallest absolute Gasteiger partial charge is 0.259 e. The minimum Gasteiger partial charge on any atom is -0.507 e. The number of phenolic OH excluding ortho intramolecular Hbond substituents is 2. The van der Waals surface area contributed by atoms with Gasteiger partial charge in [0.1, 0.15) is 17.1 Å². The van der Waals surface area contributed by atoms with Gasteiger partial charge in [0.2, 0.25) is 0 Å². The van der Waals surface area contributed by atoms with E-state index in [0.717, 1.165) is 11.1 Å². The highest BCUT2D eigenvalue weighted by atomic mass is 16.3. The van der Waals surface area contributed by atoms with Crippen LogP contribution in [0.15, 0.2) is 42.5 Å². The fraction of sp³-hybridized carbons (Fsp3) is 0.133. The lowest BCUT2D eigenvalue weighted by Crippen LogP contribution is -2.23. The highest BCUT2D eigenvalue weighted by Crippen LogP contribution is 2.25. The molecule has 0 aliphatic rings. The summed E-state index contributed by atoms with van der Waals surface area (Å²) in [4.78, 5) is 12.0. The van der Waals surface area contributed by atoms with Gasteiger partial charge in [-0.25, -0.2) is 0 Å². The zero-order chi connectivity index (χ0) is 14.5. The normalized spacial score (nSPS) is 10.2. The van der Waals surface area contributed by atoms with E-state index in [1.165, 1.54) is 18.2 Å². The van der Waals surface area contributed by atoms with Gasteiger partial charge in [-0.05, 0) is 23.3 Å². The van der Waals surface area contributed by atoms with E-state index in [-0.39, 0.29) is 23.6 Å². The van der Waals surface area contributed by atoms with E-state index >= 15 is 0 Å². The Labute approximate surface area is 116 Å². The molecule has 2 aromatic rings. The molecule has 1 amide bonds. The Hall–Kier alpha value is -2.53. The van der Waals surface area contributed by atoms with Crippen molar-refractivity contribution in [2.45, 2.75) is 13.1 Å². The predicted octanol–water partition coefficient (Wildman–Crippen LogP) is 1.49. The first kappa shape index (κ1) is 13.9. The Morgan fingerprint density at radius 2 is 1.60 bits per heavy atom. The van der Waals surface area contributed by atoms with Gasteiger partial charge in [-0.1, -0.05) is 30.3 Å². The molecule has 5 nitrogen and oxygen atoms in total. The van der Waals surface area contributed by atoms with Crippen LogP contribution in [0.3, 0.4) is 0 Å². The minimum atomic E-state index is -0.535. The number of hydrogen-bond donors (Lipinski definition) is 4. The highest BCUT2D eigenvalue weighted by Gasteiger charge is 2.15. The standard InChI is InChI=1S/C15H16N2O3/c16-8-10-4-1-2-5-11(10)9-17-15(20)14-12(18)6-3-7-13(14)19/h1-7,18-19H,8-9,16H2,(H,17,20). The van der Waals surface area contributed by atoms with Crippen molar-refractivity contribution in [1.29, 1.82) is 0 Å². The van der Waals surface area contributed by atoms with E-state index in [9.17, 15) is 15.0 Å². The summed E-state index contributed by atoms with van der Waals surface area (Å²) >= 11 is 0. The van der Waals surface area contributed by atoms with Crippen LogP contribution in [-0.2, 0) is 13.1 Å². The maximum Gasteiger partial charge on any atom is 0.259 e. The van der Waals surface area contributed by atoms with Gasteiger partial charge in [0.15, 0.2) is 0 Å². The number of aromatic hydroxyl groups is 2. The van der Waals surface area contributed by atoms with Crippen LogP contribution in [0.25, 0.3) is 0 Å². The third-order valence-corrected chi connectivity index (χ3v) is 3.03. The van der Waals surface area contributed by atoms with Crippen molar-refractivity contribution in [2.75, 3.05) is 0 Å². The molecule has 0 aliphatic carbocycles. The molecule has 0 saturated heterocycles. The van der Waals surface area contributed by atoms with E-state index in [1.54, 1.807) is 0 Å². The lowest BCUT2D eigenvalue weighted by atomic mass is 10.1. The molecule has 0 aliphatic heterocycles. The van der Waals surface area contributed by atoms with Crippen LogP contribution in [0.1, 0.15) is 21.5 Å². The number of hydrogen-bond acceptors (Lipinski definition) is 4. The van der Waals surface area contributed by atoms with Crippen molar-refractivity contribution in [1.82, 2.24) is 5.32 Å². The number of nitrogens with two attached hydrogens (primary N) is 1. The van der Waals surface area contributed by atoms with Crippen molar-refractivity contribution >= 4 is 5.91 Å². The molecular weight excluding hydrogens is 256 g/mol. The van der Waals surface area contributed by atoms with Gasteiger partial charge in [0.05, 0.1) is 0 Å². The van der Waals surface area contributed by atoms with Crippen LogP contribution in [0, 0.1) is 0 Å². The van der Waals surface area contributed by atoms with E-state index < -0.39 is 5.91 Å². The van der Waals surface area contributed by atoms with Crippen LogP contribution in [0.4, 0.5) is 0 Å². The maximum atomic E-state index is 12.0. The number of phenols is 2. The molecule has 0 spiro atoms. The summed E-state index contributed by atoms with van der Waals surface area (Å²) in [6.45, 7) is 0.661. The van der Waals surface area contributed by atoms with Gasteiger partial charge >= 0.3 is 0 Å². The van der Waals surface area contributed by atoms with E-state index in [4.69, 9.17) is 5.73 Å². The predicted molar refractivity (Wildman–Crippen MR) is 75.3 cm³/mol. The van der Waals surface area contributed by atoms with Gasteiger partial charge in [-0.15, -0.1) is 0 Å². The molecule has 2 rings (SSSR count). The van der Waals surface area contributed by atoms with Gasteiger partial charge < -0.3 is 21.3 Å². The molecule has 0 radical (unpaired) electrons. The number of rotatable bonds is 4. The van der Waals surface area contributed by atoms with E-state index in [2.05, 4.69) is 5.32 Å². The Morgan fingerprint density at radius 1 is 1.00 bits per heavy atom. The largest absolute Gasteiger partial charge is 0.507 e. The topological polar surface area (TPSA) is 95.6 Å². The molecule has 2 aromatic carbocycles. The molecular formula is C15H16N2O3. The summed E-state index contributed by atoms with van der Waals surface area (Å²) in [5.74, 6) is -1.04. The molecule has 0 unspecified atom stereocenters. The number of benzene rings is 2. The van der Waals surface area contributed by atoms with Crippen LogP contribution in [0.5, 0.6) is 11.5 Å². The zero-order valence-electron chi connectivity index (χ0n) is 10.8. The fourth-order valence-electron chi connectivity index (χ4n) is 1.95. The Morgan fingerprint density at radius 3 is 2.20 bits per heavy atom. The van der Waals surface area contributed by atoms with Crippen molar-refractivity contribution in [3.05, 3.63) is 59.2 Å². The molecule has 0 saturated carbocycles. The molecule has 0 bridgehead atoms. The van der Waals surface area contributed by atoms with Gasteiger partial charge in [0.25, 0.3) is 5.91 Å². The molecule has 104 valence electrons. The first-order valence-corrected chi connectivity index (χ1v) is 6.19. The number of amides is 1. The molecule has 0 aromatic heterocycles. The fourth-order valence-corrected chi connectivity index (χ4v) is 1.95. The lowest BCUT2D eigenvalue weighted by molar-refractivity contribution is 0.0945. The molecule has 5 heteroatoms. The SMILES string of the molecule is NCc1ccccc1CNC(=O)c1c(O)cccc1O. The van der Waals surface area contributed by atoms with E-state index in [1.807, 2.05) is 24.3 Å². The van der Waals surface area contributed by atoms with Gasteiger partial charge in [-0.2, -0.15) is 0 Å². The van der Waals surface area contributed by atoms with Crippen LogP contribution in [0.2, 0.25) is 0 Å². The second-order valence-electron chi connectivity index (χ2n) is 4.33. The Bertz CT molecular complexity index is 606. The van der Waals surface area contributed by atoms with Crippen LogP contribution < -0.4 is 11.1 Å². The first-order valence-electron chi connectivity index (χ1n) is 6.19.